The quantitative estimate of drug-likeness (QED) is 0.391. The van der Waals surface area contributed by atoms with Crippen LogP contribution in [-0.4, -0.2) is 59.4 Å². The van der Waals surface area contributed by atoms with Crippen LogP contribution in [-0.2, 0) is 6.54 Å². The van der Waals surface area contributed by atoms with Gasteiger partial charge in [0.25, 0.3) is 0 Å². The van der Waals surface area contributed by atoms with Crippen molar-refractivity contribution in [2.75, 3.05) is 32.7 Å². The van der Waals surface area contributed by atoms with Crippen molar-refractivity contribution in [3.05, 3.63) is 17.5 Å². The molecule has 6 nitrogen and oxygen atoms in total. The maximum atomic E-state index is 4.73. The van der Waals surface area contributed by atoms with E-state index in [1.807, 2.05) is 6.92 Å². The molecule has 0 bridgehead atoms. The van der Waals surface area contributed by atoms with Crippen LogP contribution in [0.5, 0.6) is 0 Å². The molecule has 1 aromatic heterocycles. The zero-order valence-electron chi connectivity index (χ0n) is 16.4. The molecule has 0 saturated heterocycles. The normalized spacial score (nSPS) is 13.4. The van der Waals surface area contributed by atoms with Gasteiger partial charge in [0.15, 0.2) is 5.96 Å². The van der Waals surface area contributed by atoms with Gasteiger partial charge in [-0.25, -0.2) is 0 Å². The van der Waals surface area contributed by atoms with Crippen molar-refractivity contribution >= 4 is 5.96 Å². The minimum absolute atomic E-state index is 0.463. The molecule has 0 spiro atoms. The lowest BCUT2D eigenvalue weighted by molar-refractivity contribution is 0.237. The van der Waals surface area contributed by atoms with E-state index in [4.69, 9.17) is 4.99 Å². The minimum Gasteiger partial charge on any atom is -0.357 e. The Hall–Kier alpha value is -1.56. The molecule has 0 amide bonds. The Bertz CT molecular complexity index is 490. The highest BCUT2D eigenvalue weighted by atomic mass is 15.3. The predicted molar refractivity (Wildman–Crippen MR) is 103 cm³/mol. The van der Waals surface area contributed by atoms with Crippen molar-refractivity contribution in [1.29, 1.82) is 0 Å². The first-order valence-electron chi connectivity index (χ1n) is 9.29. The standard InChI is InChI=1S/C18H36N6/c1-7-19-18(21-14-17(6)23(8-2)9-3)20-11-10-12-24-16(5)13-15(4)22-24/h13,17H,7-12,14H2,1-6H3,(H2,19,20,21). The molecule has 1 heterocycles. The maximum absolute atomic E-state index is 4.73. The van der Waals surface area contributed by atoms with Crippen LogP contribution in [0.15, 0.2) is 11.1 Å². The summed E-state index contributed by atoms with van der Waals surface area (Å²) in [4.78, 5) is 7.15. The van der Waals surface area contributed by atoms with E-state index in [0.717, 1.165) is 57.3 Å². The van der Waals surface area contributed by atoms with Crippen LogP contribution in [0.1, 0.15) is 45.5 Å². The van der Waals surface area contributed by atoms with Gasteiger partial charge in [0.05, 0.1) is 12.2 Å². The molecule has 0 aliphatic rings. The van der Waals surface area contributed by atoms with Gasteiger partial charge in [-0.05, 0) is 53.3 Å². The molecular weight excluding hydrogens is 300 g/mol. The highest BCUT2D eigenvalue weighted by Gasteiger charge is 2.09. The number of rotatable bonds is 10. The molecule has 0 aliphatic carbocycles. The first-order valence-corrected chi connectivity index (χ1v) is 9.29. The van der Waals surface area contributed by atoms with Crippen molar-refractivity contribution in [1.82, 2.24) is 25.3 Å². The van der Waals surface area contributed by atoms with E-state index in [1.54, 1.807) is 0 Å². The molecule has 1 atom stereocenters. The second-order valence-corrected chi connectivity index (χ2v) is 6.22. The Labute approximate surface area is 147 Å². The number of aromatic nitrogens is 2. The van der Waals surface area contributed by atoms with Crippen molar-refractivity contribution in [2.45, 2.75) is 60.5 Å². The third kappa shape index (κ3) is 6.91. The molecule has 6 heteroatoms. The average molecular weight is 337 g/mol. The van der Waals surface area contributed by atoms with Crippen LogP contribution in [0.25, 0.3) is 0 Å². The zero-order valence-corrected chi connectivity index (χ0v) is 16.4. The smallest absolute Gasteiger partial charge is 0.191 e. The fraction of sp³-hybridized carbons (Fsp3) is 0.778. The molecule has 1 unspecified atom stereocenters. The first kappa shape index (κ1) is 20.5. The van der Waals surface area contributed by atoms with Crippen LogP contribution in [0.3, 0.4) is 0 Å². The fourth-order valence-electron chi connectivity index (χ4n) is 2.86. The van der Waals surface area contributed by atoms with Gasteiger partial charge < -0.3 is 10.6 Å². The Kier molecular flexibility index (Phi) is 9.45. The van der Waals surface area contributed by atoms with E-state index >= 15 is 0 Å². The molecule has 1 aromatic rings. The van der Waals surface area contributed by atoms with Gasteiger partial charge in [-0.15, -0.1) is 0 Å². The topological polar surface area (TPSA) is 57.5 Å². The van der Waals surface area contributed by atoms with Crippen LogP contribution in [0.4, 0.5) is 0 Å². The van der Waals surface area contributed by atoms with E-state index in [2.05, 4.69) is 66.0 Å². The minimum atomic E-state index is 0.463. The summed E-state index contributed by atoms with van der Waals surface area (Å²) < 4.78 is 2.07. The molecule has 24 heavy (non-hydrogen) atoms. The summed E-state index contributed by atoms with van der Waals surface area (Å²) in [6.45, 7) is 18.5. The van der Waals surface area contributed by atoms with Gasteiger partial charge in [0.1, 0.15) is 0 Å². The van der Waals surface area contributed by atoms with E-state index in [-0.39, 0.29) is 0 Å². The van der Waals surface area contributed by atoms with Gasteiger partial charge in [-0.3, -0.25) is 14.6 Å². The van der Waals surface area contributed by atoms with E-state index in [0.29, 0.717) is 6.04 Å². The maximum Gasteiger partial charge on any atom is 0.191 e. The number of nitrogens with one attached hydrogen (secondary N) is 2. The van der Waals surface area contributed by atoms with Crippen molar-refractivity contribution < 1.29 is 0 Å². The molecule has 138 valence electrons. The van der Waals surface area contributed by atoms with E-state index in [1.165, 1.54) is 5.69 Å². The van der Waals surface area contributed by atoms with Gasteiger partial charge in [-0.2, -0.15) is 5.10 Å². The SMILES string of the molecule is CCNC(=NCC(C)N(CC)CC)NCCCn1nc(C)cc1C. The Morgan fingerprint density at radius 3 is 2.50 bits per heavy atom. The summed E-state index contributed by atoms with van der Waals surface area (Å²) in [6.07, 6.45) is 1.03. The Balaban J connectivity index is 2.42. The lowest BCUT2D eigenvalue weighted by Crippen LogP contribution is -2.40. The summed E-state index contributed by atoms with van der Waals surface area (Å²) in [7, 11) is 0. The van der Waals surface area contributed by atoms with Crippen molar-refractivity contribution in [2.24, 2.45) is 4.99 Å². The third-order valence-corrected chi connectivity index (χ3v) is 4.24. The number of hydrogen-bond donors (Lipinski definition) is 2. The van der Waals surface area contributed by atoms with Gasteiger partial charge >= 0.3 is 0 Å². The molecule has 0 aromatic carbocycles. The summed E-state index contributed by atoms with van der Waals surface area (Å²) in [5, 5.41) is 11.3. The van der Waals surface area contributed by atoms with Gasteiger partial charge in [0.2, 0.25) is 0 Å². The number of aliphatic imine (C=N–C) groups is 1. The molecule has 2 N–H and O–H groups in total. The van der Waals surface area contributed by atoms with Crippen LogP contribution in [0.2, 0.25) is 0 Å². The third-order valence-electron chi connectivity index (χ3n) is 4.24. The molecule has 0 saturated carbocycles. The number of nitrogens with zero attached hydrogens (tertiary/aromatic N) is 4. The average Bonchev–Trinajstić information content (AvgIpc) is 2.87. The first-order chi connectivity index (χ1) is 11.5. The van der Waals surface area contributed by atoms with Crippen LogP contribution < -0.4 is 10.6 Å². The molecule has 0 fully saturated rings. The summed E-state index contributed by atoms with van der Waals surface area (Å²) in [5.41, 5.74) is 2.31. The zero-order chi connectivity index (χ0) is 17.9. The summed E-state index contributed by atoms with van der Waals surface area (Å²) in [5.74, 6) is 0.907. The molecule has 0 radical (unpaired) electrons. The fourth-order valence-corrected chi connectivity index (χ4v) is 2.86. The monoisotopic (exact) mass is 336 g/mol. The lowest BCUT2D eigenvalue weighted by atomic mass is 10.3. The molecule has 0 aliphatic heterocycles. The Morgan fingerprint density at radius 1 is 1.25 bits per heavy atom. The highest BCUT2D eigenvalue weighted by molar-refractivity contribution is 5.79. The lowest BCUT2D eigenvalue weighted by Gasteiger charge is -2.25. The second kappa shape index (κ2) is 11.1. The van der Waals surface area contributed by atoms with Crippen molar-refractivity contribution in [3.63, 3.8) is 0 Å². The number of aryl methyl sites for hydroxylation is 3. The Morgan fingerprint density at radius 2 is 1.96 bits per heavy atom. The summed E-state index contributed by atoms with van der Waals surface area (Å²) >= 11 is 0. The number of hydrogen-bond acceptors (Lipinski definition) is 3. The van der Waals surface area contributed by atoms with Crippen LogP contribution >= 0.6 is 0 Å². The molecular formula is C18H36N6. The van der Waals surface area contributed by atoms with Gasteiger partial charge in [0, 0.05) is 31.4 Å². The number of likely N-dealkylation sites (N-methyl/N-ethyl adjacent to an activating group) is 1. The largest absolute Gasteiger partial charge is 0.357 e. The second-order valence-electron chi connectivity index (χ2n) is 6.22. The highest BCUT2D eigenvalue weighted by Crippen LogP contribution is 2.02. The summed E-state index contributed by atoms with van der Waals surface area (Å²) in [6, 6.07) is 2.58. The van der Waals surface area contributed by atoms with Crippen LogP contribution in [0, 0.1) is 13.8 Å². The van der Waals surface area contributed by atoms with E-state index in [9.17, 15) is 0 Å². The van der Waals surface area contributed by atoms with E-state index < -0.39 is 0 Å². The number of guanidine groups is 1. The van der Waals surface area contributed by atoms with Crippen molar-refractivity contribution in [3.8, 4) is 0 Å². The molecule has 1 rings (SSSR count). The van der Waals surface area contributed by atoms with Gasteiger partial charge in [-0.1, -0.05) is 13.8 Å². The predicted octanol–water partition coefficient (Wildman–Crippen LogP) is 2.18.